The van der Waals surface area contributed by atoms with Crippen molar-refractivity contribution in [2.75, 3.05) is 20.8 Å². The summed E-state index contributed by atoms with van der Waals surface area (Å²) in [6, 6.07) is 4.53. The van der Waals surface area contributed by atoms with Gasteiger partial charge in [-0.2, -0.15) is 0 Å². The standard InChI is InChI=1S/C35H40O12/c1-14(2)33(40)35(41)12-19-24(30(39)26-25(28(19)37)27(36)17-7-6-8-20(42-4)23(17)29(26)38)21(13-35)46-22-11-18-16-9-10-44-34(43-5)32(16)47-31(18)15(3)45-22/h6-8,14-16,18,21-22,31-32,34,37,39,41H,9-13H2,1-5H3/t15-,16?,18+,21-,22-,31+,32-,34-,35-/m0/s1. The molecule has 0 radical (unpaired) electrons. The summed E-state index contributed by atoms with van der Waals surface area (Å²) in [5.41, 5.74) is -2.78. The third-order valence-corrected chi connectivity index (χ3v) is 10.6. The van der Waals surface area contributed by atoms with Gasteiger partial charge in [0.25, 0.3) is 0 Å². The average molecular weight is 653 g/mol. The van der Waals surface area contributed by atoms with Crippen LogP contribution in [-0.2, 0) is 34.9 Å². The van der Waals surface area contributed by atoms with Gasteiger partial charge in [-0.3, -0.25) is 14.4 Å². The van der Waals surface area contributed by atoms with Gasteiger partial charge in [-0.25, -0.2) is 0 Å². The van der Waals surface area contributed by atoms with Gasteiger partial charge in [0.15, 0.2) is 24.1 Å². The Labute approximate surface area is 271 Å². The van der Waals surface area contributed by atoms with Gasteiger partial charge < -0.3 is 43.7 Å². The van der Waals surface area contributed by atoms with Gasteiger partial charge in [-0.15, -0.1) is 0 Å². The summed E-state index contributed by atoms with van der Waals surface area (Å²) in [6.07, 6.45) is -2.90. The van der Waals surface area contributed by atoms with Crippen LogP contribution in [0.4, 0.5) is 0 Å². The number of phenolic OH excluding ortho intramolecular Hbond substituents is 2. The van der Waals surface area contributed by atoms with E-state index in [1.54, 1.807) is 27.0 Å². The molecule has 0 saturated carbocycles. The summed E-state index contributed by atoms with van der Waals surface area (Å²) < 4.78 is 35.9. The zero-order chi connectivity index (χ0) is 33.5. The zero-order valence-electron chi connectivity index (χ0n) is 27.0. The molecule has 252 valence electrons. The first-order valence-corrected chi connectivity index (χ1v) is 16.1. The van der Waals surface area contributed by atoms with E-state index in [2.05, 4.69) is 0 Å². The van der Waals surface area contributed by atoms with Gasteiger partial charge in [0.05, 0.1) is 48.7 Å². The Hall–Kier alpha value is -3.39. The summed E-state index contributed by atoms with van der Waals surface area (Å²) in [6.45, 7) is 5.72. The highest BCUT2D eigenvalue weighted by molar-refractivity contribution is 6.31. The third-order valence-electron chi connectivity index (χ3n) is 10.6. The topological polar surface area (TPSA) is 167 Å². The highest BCUT2D eigenvalue weighted by atomic mass is 16.7. The van der Waals surface area contributed by atoms with Crippen LogP contribution in [0, 0.1) is 17.8 Å². The molecule has 0 amide bonds. The van der Waals surface area contributed by atoms with Crippen molar-refractivity contribution in [2.24, 2.45) is 17.8 Å². The number of carbonyl (C=O) groups excluding carboxylic acids is 3. The Morgan fingerprint density at radius 2 is 1.74 bits per heavy atom. The van der Waals surface area contributed by atoms with Crippen LogP contribution in [0.2, 0.25) is 0 Å². The minimum absolute atomic E-state index is 0.00804. The van der Waals surface area contributed by atoms with Crippen LogP contribution in [0.3, 0.4) is 0 Å². The van der Waals surface area contributed by atoms with Crippen molar-refractivity contribution in [3.05, 3.63) is 51.6 Å². The molecule has 9 atom stereocenters. The predicted octanol–water partition coefficient (Wildman–Crippen LogP) is 3.37. The molecule has 2 aromatic rings. The van der Waals surface area contributed by atoms with E-state index in [1.165, 1.54) is 19.2 Å². The molecular weight excluding hydrogens is 612 g/mol. The van der Waals surface area contributed by atoms with E-state index in [4.69, 9.17) is 28.4 Å². The lowest BCUT2D eigenvalue weighted by molar-refractivity contribution is -0.259. The Morgan fingerprint density at radius 3 is 2.45 bits per heavy atom. The summed E-state index contributed by atoms with van der Waals surface area (Å²) in [4.78, 5) is 41.2. The molecule has 3 heterocycles. The molecule has 2 aromatic carbocycles. The van der Waals surface area contributed by atoms with Gasteiger partial charge in [0, 0.05) is 49.0 Å². The highest BCUT2D eigenvalue weighted by Gasteiger charge is 2.56. The number of phenols is 2. The first kappa shape index (κ1) is 32.2. The monoisotopic (exact) mass is 652 g/mol. The van der Waals surface area contributed by atoms with E-state index in [1.807, 2.05) is 6.92 Å². The maximum absolute atomic E-state index is 14.0. The molecule has 12 heteroatoms. The number of Topliss-reactive ketones (excluding diaryl/α,β-unsaturated/α-hetero) is 1. The molecule has 1 unspecified atom stereocenters. The molecule has 3 fully saturated rings. The molecule has 2 aliphatic carbocycles. The lowest BCUT2D eigenvalue weighted by Gasteiger charge is -2.43. The maximum atomic E-state index is 14.0. The zero-order valence-corrected chi connectivity index (χ0v) is 27.0. The van der Waals surface area contributed by atoms with Crippen LogP contribution in [0.5, 0.6) is 17.2 Å². The van der Waals surface area contributed by atoms with Gasteiger partial charge in [0.1, 0.15) is 29.0 Å². The molecule has 0 bridgehead atoms. The summed E-state index contributed by atoms with van der Waals surface area (Å²) >= 11 is 0. The molecular formula is C35H40O12. The predicted molar refractivity (Wildman–Crippen MR) is 163 cm³/mol. The summed E-state index contributed by atoms with van der Waals surface area (Å²) in [5.74, 6) is -3.28. The molecule has 5 aliphatic rings. The number of benzene rings is 2. The quantitative estimate of drug-likeness (QED) is 0.333. The average Bonchev–Trinajstić information content (AvgIpc) is 3.43. The first-order valence-electron chi connectivity index (χ1n) is 16.1. The minimum atomic E-state index is -2.00. The van der Waals surface area contributed by atoms with Crippen molar-refractivity contribution in [1.82, 2.24) is 0 Å². The normalized spacial score (nSPS) is 34.3. The molecule has 0 spiro atoms. The second-order valence-corrected chi connectivity index (χ2v) is 13.6. The van der Waals surface area contributed by atoms with Crippen molar-refractivity contribution < 1.29 is 58.1 Å². The first-order chi connectivity index (χ1) is 22.4. The van der Waals surface area contributed by atoms with Gasteiger partial charge in [-0.1, -0.05) is 26.0 Å². The minimum Gasteiger partial charge on any atom is -0.507 e. The van der Waals surface area contributed by atoms with Crippen LogP contribution in [-0.4, -0.2) is 90.0 Å². The van der Waals surface area contributed by atoms with Crippen LogP contribution >= 0.6 is 0 Å². The van der Waals surface area contributed by atoms with Crippen LogP contribution in [0.1, 0.15) is 89.1 Å². The van der Waals surface area contributed by atoms with E-state index in [9.17, 15) is 29.7 Å². The number of ketones is 3. The van der Waals surface area contributed by atoms with E-state index in [0.717, 1.165) is 6.42 Å². The van der Waals surface area contributed by atoms with E-state index >= 15 is 0 Å². The number of ether oxygens (including phenoxy) is 6. The smallest absolute Gasteiger partial charge is 0.202 e. The van der Waals surface area contributed by atoms with Crippen LogP contribution in [0.25, 0.3) is 0 Å². The molecule has 0 aromatic heterocycles. The lowest BCUT2D eigenvalue weighted by atomic mass is 9.70. The second-order valence-electron chi connectivity index (χ2n) is 13.6. The number of hydrogen-bond acceptors (Lipinski definition) is 12. The molecule has 3 saturated heterocycles. The largest absolute Gasteiger partial charge is 0.507 e. The number of carbonyl (C=O) groups is 3. The number of rotatable bonds is 6. The van der Waals surface area contributed by atoms with Crippen LogP contribution < -0.4 is 4.74 Å². The van der Waals surface area contributed by atoms with Gasteiger partial charge >= 0.3 is 0 Å². The molecule has 3 aliphatic heterocycles. The number of aromatic hydroxyl groups is 2. The van der Waals surface area contributed by atoms with E-state index < -0.39 is 70.7 Å². The second kappa shape index (κ2) is 11.6. The van der Waals surface area contributed by atoms with Gasteiger partial charge in [-0.05, 0) is 31.2 Å². The molecule has 3 N–H and O–H groups in total. The summed E-state index contributed by atoms with van der Waals surface area (Å²) in [5, 5.41) is 35.4. The van der Waals surface area contributed by atoms with Crippen molar-refractivity contribution in [3.8, 4) is 17.2 Å². The van der Waals surface area contributed by atoms with Crippen molar-refractivity contribution in [3.63, 3.8) is 0 Å². The Balaban J connectivity index is 1.30. The summed E-state index contributed by atoms with van der Waals surface area (Å²) in [7, 11) is 2.95. The fraction of sp³-hybridized carbons (Fsp3) is 0.571. The molecule has 12 nitrogen and oxygen atoms in total. The number of aliphatic hydroxyl groups is 1. The van der Waals surface area contributed by atoms with E-state index in [0.29, 0.717) is 13.0 Å². The number of methoxy groups -OCH3 is 2. The third kappa shape index (κ3) is 4.83. The Bertz CT molecular complexity index is 1650. The van der Waals surface area contributed by atoms with Crippen LogP contribution in [0.15, 0.2) is 18.2 Å². The fourth-order valence-electron chi connectivity index (χ4n) is 8.52. The van der Waals surface area contributed by atoms with Crippen molar-refractivity contribution >= 4 is 17.3 Å². The van der Waals surface area contributed by atoms with Crippen molar-refractivity contribution in [1.29, 1.82) is 0 Å². The molecule has 7 rings (SSSR count). The SMILES string of the molecule is COc1cccc2c1C(=O)c1c(O)c3c(c(O)c1C2=O)C[C@@](O)(C(=O)C(C)C)C[C@@H]3O[C@H]1C[C@@H]2C3CCO[C@H](OC)[C@H]3O[C@@H]2[C@H](C)O1. The van der Waals surface area contributed by atoms with Gasteiger partial charge in [0.2, 0.25) is 5.78 Å². The maximum Gasteiger partial charge on any atom is 0.202 e. The molecule has 47 heavy (non-hydrogen) atoms. The van der Waals surface area contributed by atoms with Crippen molar-refractivity contribution in [2.45, 2.75) is 89.1 Å². The number of hydrogen-bond donors (Lipinski definition) is 3. The lowest BCUT2D eigenvalue weighted by Crippen LogP contribution is -2.49. The Kier molecular flexibility index (Phi) is 7.97. The Morgan fingerprint density at radius 1 is 1.00 bits per heavy atom. The fourth-order valence-corrected chi connectivity index (χ4v) is 8.52. The highest BCUT2D eigenvalue weighted by Crippen LogP contribution is 2.54. The van der Waals surface area contributed by atoms with E-state index in [-0.39, 0.29) is 70.5 Å². The number of fused-ring (bicyclic) bond motifs is 6.